The molecule has 0 fully saturated rings. The summed E-state index contributed by atoms with van der Waals surface area (Å²) >= 11 is 3.52. The van der Waals surface area contributed by atoms with E-state index >= 15 is 0 Å². The fraction of sp³-hybridized carbons (Fsp3) is 0.333. The first-order valence-corrected chi connectivity index (χ1v) is 8.40. The number of nitriles is 1. The number of hydrogen-bond donors (Lipinski definition) is 1. The van der Waals surface area contributed by atoms with Crippen LogP contribution in [-0.2, 0) is 12.8 Å². The molecule has 1 aliphatic carbocycles. The maximum absolute atomic E-state index is 9.57. The Balaban J connectivity index is 2.27. The molecule has 1 aromatic heterocycles. The Morgan fingerprint density at radius 3 is 2.95 bits per heavy atom. The second-order valence-electron chi connectivity index (χ2n) is 5.81. The van der Waals surface area contributed by atoms with Crippen LogP contribution in [0.1, 0.15) is 36.6 Å². The van der Waals surface area contributed by atoms with Gasteiger partial charge in [0.2, 0.25) is 0 Å². The van der Waals surface area contributed by atoms with Gasteiger partial charge in [-0.1, -0.05) is 41.4 Å². The van der Waals surface area contributed by atoms with Gasteiger partial charge in [0, 0.05) is 15.7 Å². The number of benzene rings is 1. The minimum atomic E-state index is 0.353. The fourth-order valence-corrected chi connectivity index (χ4v) is 3.67. The molecule has 0 bridgehead atoms. The molecule has 2 aromatic rings. The average Bonchev–Trinajstić information content (AvgIpc) is 2.53. The summed E-state index contributed by atoms with van der Waals surface area (Å²) in [5, 5.41) is 9.57. The van der Waals surface area contributed by atoms with E-state index in [1.165, 1.54) is 5.56 Å². The molecular formula is C18H18BrN3. The minimum Gasteiger partial charge on any atom is -0.383 e. The predicted octanol–water partition coefficient (Wildman–Crippen LogP) is 4.48. The molecule has 1 unspecified atom stereocenters. The molecule has 1 aliphatic rings. The molecule has 22 heavy (non-hydrogen) atoms. The number of rotatable bonds is 2. The van der Waals surface area contributed by atoms with Crippen molar-refractivity contribution in [3.8, 4) is 17.2 Å². The van der Waals surface area contributed by atoms with Crippen LogP contribution in [0, 0.1) is 17.2 Å². The summed E-state index contributed by atoms with van der Waals surface area (Å²) in [6.07, 6.45) is 4.24. The smallest absolute Gasteiger partial charge is 0.142 e. The monoisotopic (exact) mass is 355 g/mol. The molecule has 4 heteroatoms. The van der Waals surface area contributed by atoms with Crippen LogP contribution in [0.25, 0.3) is 11.1 Å². The largest absolute Gasteiger partial charge is 0.383 e. The zero-order chi connectivity index (χ0) is 15.7. The Bertz CT molecular complexity index is 762. The number of nitrogens with zero attached hydrogens (tertiary/aromatic N) is 2. The Labute approximate surface area is 139 Å². The van der Waals surface area contributed by atoms with Gasteiger partial charge in [-0.05, 0) is 48.4 Å². The van der Waals surface area contributed by atoms with E-state index in [1.54, 1.807) is 0 Å². The highest BCUT2D eigenvalue weighted by Gasteiger charge is 2.25. The normalized spacial score (nSPS) is 16.9. The lowest BCUT2D eigenvalue weighted by molar-refractivity contribution is 0.441. The number of fused-ring (bicyclic) bond motifs is 1. The molecule has 3 rings (SSSR count). The van der Waals surface area contributed by atoms with E-state index in [1.807, 2.05) is 24.3 Å². The Morgan fingerprint density at radius 2 is 2.27 bits per heavy atom. The fourth-order valence-electron chi connectivity index (χ4n) is 3.27. The van der Waals surface area contributed by atoms with E-state index in [0.29, 0.717) is 17.3 Å². The van der Waals surface area contributed by atoms with Gasteiger partial charge in [-0.3, -0.25) is 0 Å². The zero-order valence-electron chi connectivity index (χ0n) is 12.6. The van der Waals surface area contributed by atoms with Crippen LogP contribution in [0.2, 0.25) is 0 Å². The molecule has 2 N–H and O–H groups in total. The molecule has 0 saturated carbocycles. The van der Waals surface area contributed by atoms with E-state index in [4.69, 9.17) is 5.73 Å². The van der Waals surface area contributed by atoms with Gasteiger partial charge in [-0.2, -0.15) is 5.26 Å². The Morgan fingerprint density at radius 1 is 1.45 bits per heavy atom. The molecular weight excluding hydrogens is 338 g/mol. The van der Waals surface area contributed by atoms with E-state index in [9.17, 15) is 5.26 Å². The summed E-state index contributed by atoms with van der Waals surface area (Å²) in [5.74, 6) is 1.02. The lowest BCUT2D eigenvalue weighted by Gasteiger charge is -2.26. The molecule has 0 aliphatic heterocycles. The topological polar surface area (TPSA) is 62.7 Å². The molecule has 1 atom stereocenters. The van der Waals surface area contributed by atoms with Crippen LogP contribution >= 0.6 is 15.9 Å². The molecule has 1 heterocycles. The lowest BCUT2D eigenvalue weighted by Crippen LogP contribution is -2.18. The van der Waals surface area contributed by atoms with Crippen LogP contribution in [0.4, 0.5) is 5.82 Å². The minimum absolute atomic E-state index is 0.353. The highest BCUT2D eigenvalue weighted by atomic mass is 79.9. The number of anilines is 1. The van der Waals surface area contributed by atoms with Gasteiger partial charge in [0.1, 0.15) is 17.5 Å². The highest BCUT2D eigenvalue weighted by molar-refractivity contribution is 9.10. The summed E-state index contributed by atoms with van der Waals surface area (Å²) in [7, 11) is 0. The number of aromatic nitrogens is 1. The van der Waals surface area contributed by atoms with Gasteiger partial charge >= 0.3 is 0 Å². The van der Waals surface area contributed by atoms with Crippen molar-refractivity contribution in [1.82, 2.24) is 4.98 Å². The van der Waals surface area contributed by atoms with Gasteiger partial charge in [0.25, 0.3) is 0 Å². The Kier molecular flexibility index (Phi) is 4.17. The first-order chi connectivity index (χ1) is 10.6. The molecule has 0 spiro atoms. The summed E-state index contributed by atoms with van der Waals surface area (Å²) in [6.45, 7) is 2.23. The first-order valence-electron chi connectivity index (χ1n) is 7.61. The van der Waals surface area contributed by atoms with Gasteiger partial charge in [-0.15, -0.1) is 0 Å². The predicted molar refractivity (Wildman–Crippen MR) is 92.3 cm³/mol. The number of nitrogens with two attached hydrogens (primary N) is 1. The SMILES string of the molecule is CCC1CCc2nc(N)c(C#N)c(-c3cccc(Br)c3)c2C1. The average molecular weight is 356 g/mol. The second kappa shape index (κ2) is 6.10. The van der Waals surface area contributed by atoms with Crippen molar-refractivity contribution in [2.24, 2.45) is 5.92 Å². The van der Waals surface area contributed by atoms with Gasteiger partial charge in [-0.25, -0.2) is 4.98 Å². The summed E-state index contributed by atoms with van der Waals surface area (Å²) in [4.78, 5) is 4.51. The van der Waals surface area contributed by atoms with Crippen molar-refractivity contribution in [3.05, 3.63) is 45.6 Å². The Hall–Kier alpha value is -1.86. The molecule has 0 radical (unpaired) electrons. The van der Waals surface area contributed by atoms with Crippen molar-refractivity contribution < 1.29 is 0 Å². The van der Waals surface area contributed by atoms with Crippen LogP contribution in [0.15, 0.2) is 28.7 Å². The zero-order valence-corrected chi connectivity index (χ0v) is 14.2. The third-order valence-electron chi connectivity index (χ3n) is 4.50. The van der Waals surface area contributed by atoms with E-state index in [2.05, 4.69) is 33.9 Å². The van der Waals surface area contributed by atoms with Crippen molar-refractivity contribution >= 4 is 21.7 Å². The van der Waals surface area contributed by atoms with Crippen LogP contribution in [0.3, 0.4) is 0 Å². The maximum atomic E-state index is 9.57. The third-order valence-corrected chi connectivity index (χ3v) is 4.99. The van der Waals surface area contributed by atoms with E-state index in [-0.39, 0.29) is 0 Å². The van der Waals surface area contributed by atoms with Crippen molar-refractivity contribution in [3.63, 3.8) is 0 Å². The second-order valence-corrected chi connectivity index (χ2v) is 6.73. The molecule has 1 aromatic carbocycles. The summed E-state index contributed by atoms with van der Waals surface area (Å²) in [5.41, 5.74) is 10.8. The number of pyridine rings is 1. The molecule has 112 valence electrons. The molecule has 0 saturated heterocycles. The number of nitrogen functional groups attached to an aromatic ring is 1. The van der Waals surface area contributed by atoms with Gasteiger partial charge in [0.15, 0.2) is 0 Å². The maximum Gasteiger partial charge on any atom is 0.142 e. The quantitative estimate of drug-likeness (QED) is 0.863. The van der Waals surface area contributed by atoms with Crippen LogP contribution < -0.4 is 5.73 Å². The van der Waals surface area contributed by atoms with Crippen molar-refractivity contribution in [2.45, 2.75) is 32.6 Å². The van der Waals surface area contributed by atoms with Crippen molar-refractivity contribution in [1.29, 1.82) is 5.26 Å². The van der Waals surface area contributed by atoms with Gasteiger partial charge in [0.05, 0.1) is 0 Å². The van der Waals surface area contributed by atoms with Gasteiger partial charge < -0.3 is 5.73 Å². The summed E-state index contributed by atoms with van der Waals surface area (Å²) < 4.78 is 1.00. The molecule has 0 amide bonds. The summed E-state index contributed by atoms with van der Waals surface area (Å²) in [6, 6.07) is 10.3. The lowest BCUT2D eigenvalue weighted by atomic mass is 9.80. The number of aryl methyl sites for hydroxylation is 1. The third kappa shape index (κ3) is 2.62. The highest BCUT2D eigenvalue weighted by Crippen LogP contribution is 2.38. The standard InChI is InChI=1S/C18H18BrN3/c1-2-11-6-7-16-14(8-11)17(15(10-20)18(21)22-16)12-4-3-5-13(19)9-12/h3-5,9,11H,2,6-8H2,1H3,(H2,21,22). The number of halogens is 1. The van der Waals surface area contributed by atoms with E-state index in [0.717, 1.165) is 47.0 Å². The first kappa shape index (κ1) is 15.1. The number of hydrogen-bond acceptors (Lipinski definition) is 3. The van der Waals surface area contributed by atoms with E-state index < -0.39 is 0 Å². The van der Waals surface area contributed by atoms with Crippen molar-refractivity contribution in [2.75, 3.05) is 5.73 Å². The molecule has 3 nitrogen and oxygen atoms in total. The van der Waals surface area contributed by atoms with Crippen LogP contribution in [-0.4, -0.2) is 4.98 Å². The van der Waals surface area contributed by atoms with Crippen LogP contribution in [0.5, 0.6) is 0 Å².